The van der Waals surface area contributed by atoms with Gasteiger partial charge in [-0.05, 0) is 55.7 Å². The number of hydrogen-bond acceptors (Lipinski definition) is 2. The Kier molecular flexibility index (Phi) is 4.56. The number of carbonyl (C=O) groups is 1. The summed E-state index contributed by atoms with van der Waals surface area (Å²) < 4.78 is 7.35. The summed E-state index contributed by atoms with van der Waals surface area (Å²) >= 11 is 0. The number of carbonyl (C=O) groups excluding carboxylic acids is 1. The first-order valence-corrected chi connectivity index (χ1v) is 8.08. The molecule has 0 saturated heterocycles. The van der Waals surface area contributed by atoms with Gasteiger partial charge in [0.15, 0.2) is 0 Å². The van der Waals surface area contributed by atoms with Crippen molar-refractivity contribution in [2.75, 3.05) is 0 Å². The molecule has 3 rings (SSSR count). The number of aromatic nitrogens is 1. The van der Waals surface area contributed by atoms with E-state index in [1.54, 1.807) is 6.26 Å². The molecule has 1 amide bonds. The van der Waals surface area contributed by atoms with E-state index in [1.807, 2.05) is 38.1 Å². The second-order valence-electron chi connectivity index (χ2n) is 6.09. The highest BCUT2D eigenvalue weighted by Gasteiger charge is 2.18. The highest BCUT2D eigenvalue weighted by molar-refractivity contribution is 5.94. The molecule has 0 fully saturated rings. The molecular formula is C20H22N2O2. The van der Waals surface area contributed by atoms with Crippen LogP contribution in [0.25, 0.3) is 0 Å². The van der Waals surface area contributed by atoms with E-state index in [0.29, 0.717) is 18.8 Å². The minimum Gasteiger partial charge on any atom is -0.467 e. The van der Waals surface area contributed by atoms with Crippen molar-refractivity contribution in [3.05, 3.63) is 82.6 Å². The van der Waals surface area contributed by atoms with E-state index in [0.717, 1.165) is 17.0 Å². The van der Waals surface area contributed by atoms with Gasteiger partial charge in [-0.2, -0.15) is 0 Å². The molecular weight excluding hydrogens is 300 g/mol. The maximum Gasteiger partial charge on any atom is 0.268 e. The standard InChI is InChI=1S/C20H22N2O2/c1-14-7-4-5-8-17(14)13-22-16(3)11-15(2)19(22)20(23)21-12-18-9-6-10-24-18/h4-11H,12-13H2,1-3H3,(H,21,23). The predicted molar refractivity (Wildman–Crippen MR) is 94.1 cm³/mol. The van der Waals surface area contributed by atoms with Crippen LogP contribution in [0.1, 0.15) is 38.6 Å². The molecule has 124 valence electrons. The van der Waals surface area contributed by atoms with Gasteiger partial charge >= 0.3 is 0 Å². The summed E-state index contributed by atoms with van der Waals surface area (Å²) in [6.07, 6.45) is 1.61. The number of aryl methyl sites for hydroxylation is 3. The van der Waals surface area contributed by atoms with Crippen molar-refractivity contribution in [3.63, 3.8) is 0 Å². The van der Waals surface area contributed by atoms with Crippen LogP contribution in [0.3, 0.4) is 0 Å². The van der Waals surface area contributed by atoms with Crippen molar-refractivity contribution in [1.82, 2.24) is 9.88 Å². The number of nitrogens with one attached hydrogen (secondary N) is 1. The van der Waals surface area contributed by atoms with Gasteiger partial charge in [-0.25, -0.2) is 0 Å². The van der Waals surface area contributed by atoms with Crippen LogP contribution in [0.5, 0.6) is 0 Å². The molecule has 0 aliphatic heterocycles. The van der Waals surface area contributed by atoms with Gasteiger partial charge in [0.2, 0.25) is 0 Å². The van der Waals surface area contributed by atoms with Crippen molar-refractivity contribution in [1.29, 1.82) is 0 Å². The second kappa shape index (κ2) is 6.79. The lowest BCUT2D eigenvalue weighted by Crippen LogP contribution is -2.26. The molecule has 4 heteroatoms. The molecule has 0 aliphatic carbocycles. The number of furan rings is 1. The van der Waals surface area contributed by atoms with E-state index in [1.165, 1.54) is 11.1 Å². The van der Waals surface area contributed by atoms with Crippen LogP contribution in [-0.4, -0.2) is 10.5 Å². The zero-order chi connectivity index (χ0) is 17.1. The van der Waals surface area contributed by atoms with Crippen LogP contribution in [0, 0.1) is 20.8 Å². The van der Waals surface area contributed by atoms with Gasteiger partial charge < -0.3 is 14.3 Å². The number of hydrogen-bond donors (Lipinski definition) is 1. The van der Waals surface area contributed by atoms with E-state index in [9.17, 15) is 4.79 Å². The van der Waals surface area contributed by atoms with Crippen molar-refractivity contribution in [3.8, 4) is 0 Å². The van der Waals surface area contributed by atoms with Crippen LogP contribution in [0.15, 0.2) is 53.1 Å². The molecule has 0 unspecified atom stereocenters. The van der Waals surface area contributed by atoms with Crippen LogP contribution in [-0.2, 0) is 13.1 Å². The summed E-state index contributed by atoms with van der Waals surface area (Å²) in [7, 11) is 0. The monoisotopic (exact) mass is 322 g/mol. The fourth-order valence-corrected chi connectivity index (χ4v) is 2.98. The Bertz CT molecular complexity index is 845. The highest BCUT2D eigenvalue weighted by atomic mass is 16.3. The summed E-state index contributed by atoms with van der Waals surface area (Å²) in [5, 5.41) is 2.94. The molecule has 0 aliphatic rings. The quantitative estimate of drug-likeness (QED) is 0.772. The van der Waals surface area contributed by atoms with Gasteiger partial charge in [-0.15, -0.1) is 0 Å². The lowest BCUT2D eigenvalue weighted by Gasteiger charge is -2.14. The molecule has 2 aromatic heterocycles. The van der Waals surface area contributed by atoms with Crippen molar-refractivity contribution in [2.24, 2.45) is 0 Å². The van der Waals surface area contributed by atoms with Crippen LogP contribution in [0.2, 0.25) is 0 Å². The summed E-state index contributed by atoms with van der Waals surface area (Å²) in [5.74, 6) is 0.667. The van der Waals surface area contributed by atoms with Gasteiger partial charge in [-0.3, -0.25) is 4.79 Å². The Labute approximate surface area is 142 Å². The predicted octanol–water partition coefficient (Wildman–Crippen LogP) is 3.98. The highest BCUT2D eigenvalue weighted by Crippen LogP contribution is 2.19. The number of benzene rings is 1. The molecule has 2 heterocycles. The van der Waals surface area contributed by atoms with Crippen LogP contribution in [0.4, 0.5) is 0 Å². The fourth-order valence-electron chi connectivity index (χ4n) is 2.98. The van der Waals surface area contributed by atoms with Crippen molar-refractivity contribution < 1.29 is 9.21 Å². The van der Waals surface area contributed by atoms with Gasteiger partial charge in [0.1, 0.15) is 11.5 Å². The Balaban J connectivity index is 1.85. The first-order valence-electron chi connectivity index (χ1n) is 8.08. The van der Waals surface area contributed by atoms with E-state index >= 15 is 0 Å². The topological polar surface area (TPSA) is 47.2 Å². The lowest BCUT2D eigenvalue weighted by molar-refractivity contribution is 0.0938. The SMILES string of the molecule is Cc1ccccc1Cn1c(C)cc(C)c1C(=O)NCc1ccco1. The number of rotatable bonds is 5. The molecule has 0 bridgehead atoms. The zero-order valence-electron chi connectivity index (χ0n) is 14.3. The normalized spacial score (nSPS) is 10.8. The average Bonchev–Trinajstić information content (AvgIpc) is 3.16. The maximum absolute atomic E-state index is 12.7. The number of amides is 1. The Hall–Kier alpha value is -2.75. The lowest BCUT2D eigenvalue weighted by atomic mass is 10.1. The van der Waals surface area contributed by atoms with E-state index < -0.39 is 0 Å². The third-order valence-corrected chi connectivity index (χ3v) is 4.30. The summed E-state index contributed by atoms with van der Waals surface area (Å²) in [6.45, 7) is 7.19. The van der Waals surface area contributed by atoms with Gasteiger partial charge in [0.25, 0.3) is 5.91 Å². The molecule has 0 atom stereocenters. The second-order valence-corrected chi connectivity index (χ2v) is 6.09. The first kappa shape index (κ1) is 16.1. The molecule has 0 radical (unpaired) electrons. The van der Waals surface area contributed by atoms with Crippen molar-refractivity contribution >= 4 is 5.91 Å². The summed E-state index contributed by atoms with van der Waals surface area (Å²) in [4.78, 5) is 12.7. The Morgan fingerprint density at radius 3 is 2.58 bits per heavy atom. The molecule has 1 N–H and O–H groups in total. The third-order valence-electron chi connectivity index (χ3n) is 4.30. The Morgan fingerprint density at radius 2 is 1.88 bits per heavy atom. The average molecular weight is 322 g/mol. The smallest absolute Gasteiger partial charge is 0.268 e. The Morgan fingerprint density at radius 1 is 1.08 bits per heavy atom. The molecule has 4 nitrogen and oxygen atoms in total. The summed E-state index contributed by atoms with van der Waals surface area (Å²) in [5.41, 5.74) is 5.22. The molecule has 0 spiro atoms. The van der Waals surface area contributed by atoms with Gasteiger partial charge in [0.05, 0.1) is 12.8 Å². The molecule has 3 aromatic rings. The molecule has 1 aromatic carbocycles. The summed E-state index contributed by atoms with van der Waals surface area (Å²) in [6, 6.07) is 14.0. The molecule has 24 heavy (non-hydrogen) atoms. The van der Waals surface area contributed by atoms with Gasteiger partial charge in [0, 0.05) is 12.2 Å². The van der Waals surface area contributed by atoms with E-state index in [2.05, 4.69) is 35.0 Å². The first-order chi connectivity index (χ1) is 11.6. The maximum atomic E-state index is 12.7. The third kappa shape index (κ3) is 3.27. The van der Waals surface area contributed by atoms with Crippen LogP contribution >= 0.6 is 0 Å². The largest absolute Gasteiger partial charge is 0.467 e. The minimum atomic E-state index is -0.0782. The van der Waals surface area contributed by atoms with E-state index in [-0.39, 0.29) is 5.91 Å². The zero-order valence-corrected chi connectivity index (χ0v) is 14.3. The molecule has 0 saturated carbocycles. The number of nitrogens with zero attached hydrogens (tertiary/aromatic N) is 1. The van der Waals surface area contributed by atoms with Crippen molar-refractivity contribution in [2.45, 2.75) is 33.9 Å². The minimum absolute atomic E-state index is 0.0782. The van der Waals surface area contributed by atoms with Crippen LogP contribution < -0.4 is 5.32 Å². The van der Waals surface area contributed by atoms with E-state index in [4.69, 9.17) is 4.42 Å². The fraction of sp³-hybridized carbons (Fsp3) is 0.250. The van der Waals surface area contributed by atoms with Gasteiger partial charge in [-0.1, -0.05) is 24.3 Å².